The lowest BCUT2D eigenvalue weighted by atomic mass is 10.1. The summed E-state index contributed by atoms with van der Waals surface area (Å²) in [7, 11) is 0. The van der Waals surface area contributed by atoms with Crippen molar-refractivity contribution in [1.29, 1.82) is 0 Å². The number of nitrogen functional groups attached to an aromatic ring is 1. The van der Waals surface area contributed by atoms with Crippen LogP contribution in [0.25, 0.3) is 0 Å². The summed E-state index contributed by atoms with van der Waals surface area (Å²) in [5.41, 5.74) is 9.67. The van der Waals surface area contributed by atoms with Gasteiger partial charge in [0.05, 0.1) is 11.3 Å². The first kappa shape index (κ1) is 15.7. The average molecular weight is 330 g/mol. The van der Waals surface area contributed by atoms with Gasteiger partial charge >= 0.3 is 0 Å². The molecule has 1 aliphatic heterocycles. The number of likely N-dealkylation sites (tertiary alicyclic amines) is 1. The van der Waals surface area contributed by atoms with Gasteiger partial charge in [-0.05, 0) is 55.7 Å². The van der Waals surface area contributed by atoms with Gasteiger partial charge in [0.25, 0.3) is 5.91 Å². The summed E-state index contributed by atoms with van der Waals surface area (Å²) in [6, 6.07) is 11.1. The molecule has 3 N–H and O–H groups in total. The van der Waals surface area contributed by atoms with Crippen molar-refractivity contribution in [2.75, 3.05) is 24.1 Å². The van der Waals surface area contributed by atoms with Crippen molar-refractivity contribution in [3.8, 4) is 0 Å². The fraction of sp³-hybridized carbons (Fsp3) is 0.278. The highest BCUT2D eigenvalue weighted by Crippen LogP contribution is 2.29. The Labute approximate surface area is 141 Å². The van der Waals surface area contributed by atoms with E-state index in [1.807, 2.05) is 36.1 Å². The molecule has 0 spiro atoms. The molecule has 23 heavy (non-hydrogen) atoms. The number of anilines is 3. The van der Waals surface area contributed by atoms with E-state index in [-0.39, 0.29) is 5.91 Å². The van der Waals surface area contributed by atoms with Crippen molar-refractivity contribution in [3.63, 3.8) is 0 Å². The number of nitrogens with two attached hydrogens (primary N) is 1. The highest BCUT2D eigenvalue weighted by molar-refractivity contribution is 6.31. The molecule has 3 rings (SSSR count). The molecule has 1 aliphatic rings. The van der Waals surface area contributed by atoms with Gasteiger partial charge in [0.2, 0.25) is 0 Å². The highest BCUT2D eigenvalue weighted by atomic mass is 35.5. The fourth-order valence-electron chi connectivity index (χ4n) is 2.83. The largest absolute Gasteiger partial charge is 0.399 e. The van der Waals surface area contributed by atoms with Crippen LogP contribution in [0.4, 0.5) is 17.1 Å². The van der Waals surface area contributed by atoms with Crippen molar-refractivity contribution >= 4 is 34.6 Å². The number of benzene rings is 2. The maximum absolute atomic E-state index is 12.8. The van der Waals surface area contributed by atoms with Gasteiger partial charge in [-0.15, -0.1) is 0 Å². The van der Waals surface area contributed by atoms with E-state index in [4.69, 9.17) is 17.3 Å². The van der Waals surface area contributed by atoms with Crippen LogP contribution in [0.3, 0.4) is 0 Å². The normalized spacial score (nSPS) is 14.1. The molecule has 0 radical (unpaired) electrons. The number of nitrogens with zero attached hydrogens (tertiary/aromatic N) is 1. The van der Waals surface area contributed by atoms with E-state index in [1.165, 1.54) is 0 Å². The van der Waals surface area contributed by atoms with E-state index >= 15 is 0 Å². The molecule has 0 atom stereocenters. The summed E-state index contributed by atoms with van der Waals surface area (Å²) in [4.78, 5) is 14.6. The summed E-state index contributed by atoms with van der Waals surface area (Å²) in [6.45, 7) is 3.57. The van der Waals surface area contributed by atoms with Crippen LogP contribution >= 0.6 is 11.6 Å². The second-order valence-corrected chi connectivity index (χ2v) is 6.25. The third-order valence-corrected chi connectivity index (χ3v) is 4.61. The number of nitrogens with one attached hydrogen (secondary N) is 1. The molecule has 4 nitrogen and oxygen atoms in total. The van der Waals surface area contributed by atoms with Gasteiger partial charge in [0.15, 0.2) is 0 Å². The van der Waals surface area contributed by atoms with Crippen molar-refractivity contribution in [2.24, 2.45) is 0 Å². The van der Waals surface area contributed by atoms with E-state index in [1.54, 1.807) is 12.1 Å². The standard InChI is InChI=1S/C18H20ClN3O/c1-12-15(19)5-4-6-16(12)21-17-8-7-13(20)11-14(17)18(23)22-9-2-3-10-22/h4-8,11,21H,2-3,9-10,20H2,1H3. The minimum atomic E-state index is 0.0250. The van der Waals surface area contributed by atoms with Crippen LogP contribution in [-0.2, 0) is 0 Å². The van der Waals surface area contributed by atoms with Gasteiger partial charge in [-0.3, -0.25) is 4.79 Å². The number of halogens is 1. The van der Waals surface area contributed by atoms with Crippen LogP contribution in [0.15, 0.2) is 36.4 Å². The monoisotopic (exact) mass is 329 g/mol. The van der Waals surface area contributed by atoms with Crippen LogP contribution in [0.5, 0.6) is 0 Å². The Balaban J connectivity index is 1.95. The molecular formula is C18H20ClN3O. The van der Waals surface area contributed by atoms with E-state index in [0.29, 0.717) is 16.3 Å². The molecule has 0 bridgehead atoms. The van der Waals surface area contributed by atoms with Gasteiger partial charge in [-0.2, -0.15) is 0 Å². The lowest BCUT2D eigenvalue weighted by Crippen LogP contribution is -2.28. The summed E-state index contributed by atoms with van der Waals surface area (Å²) < 4.78 is 0. The quantitative estimate of drug-likeness (QED) is 0.829. The summed E-state index contributed by atoms with van der Waals surface area (Å²) in [5.74, 6) is 0.0250. The van der Waals surface area contributed by atoms with Crippen LogP contribution in [0, 0.1) is 6.92 Å². The molecule has 1 fully saturated rings. The molecule has 0 aliphatic carbocycles. The molecule has 2 aromatic rings. The van der Waals surface area contributed by atoms with Crippen LogP contribution in [-0.4, -0.2) is 23.9 Å². The minimum absolute atomic E-state index is 0.0250. The number of hydrogen-bond donors (Lipinski definition) is 2. The first-order chi connectivity index (χ1) is 11.1. The van der Waals surface area contributed by atoms with E-state index in [9.17, 15) is 4.79 Å². The van der Waals surface area contributed by atoms with Gasteiger partial charge in [0, 0.05) is 29.5 Å². The van der Waals surface area contributed by atoms with Crippen molar-refractivity contribution in [3.05, 3.63) is 52.5 Å². The van der Waals surface area contributed by atoms with Crippen LogP contribution in [0.2, 0.25) is 5.02 Å². The Kier molecular flexibility index (Phi) is 4.44. The molecule has 2 aromatic carbocycles. The molecule has 1 heterocycles. The zero-order chi connectivity index (χ0) is 16.4. The summed E-state index contributed by atoms with van der Waals surface area (Å²) in [6.07, 6.45) is 2.12. The predicted molar refractivity (Wildman–Crippen MR) is 95.5 cm³/mol. The molecule has 0 unspecified atom stereocenters. The minimum Gasteiger partial charge on any atom is -0.399 e. The van der Waals surface area contributed by atoms with Gasteiger partial charge < -0.3 is 16.0 Å². The summed E-state index contributed by atoms with van der Waals surface area (Å²) in [5, 5.41) is 4.02. The number of carbonyl (C=O) groups excluding carboxylic acids is 1. The molecule has 0 saturated carbocycles. The molecular weight excluding hydrogens is 310 g/mol. The van der Waals surface area contributed by atoms with Crippen LogP contribution < -0.4 is 11.1 Å². The fourth-order valence-corrected chi connectivity index (χ4v) is 3.00. The predicted octanol–water partition coefficient (Wildman–Crippen LogP) is 4.21. The van der Waals surface area contributed by atoms with Crippen LogP contribution in [0.1, 0.15) is 28.8 Å². The average Bonchev–Trinajstić information content (AvgIpc) is 3.07. The smallest absolute Gasteiger partial charge is 0.256 e. The Hall–Kier alpha value is -2.20. The first-order valence-electron chi connectivity index (χ1n) is 7.77. The van der Waals surface area contributed by atoms with Crippen molar-refractivity contribution in [2.45, 2.75) is 19.8 Å². The third-order valence-electron chi connectivity index (χ3n) is 4.20. The highest BCUT2D eigenvalue weighted by Gasteiger charge is 2.22. The number of carbonyl (C=O) groups is 1. The molecule has 1 saturated heterocycles. The zero-order valence-corrected chi connectivity index (χ0v) is 13.9. The topological polar surface area (TPSA) is 58.4 Å². The molecule has 120 valence electrons. The van der Waals surface area contributed by atoms with Crippen molar-refractivity contribution < 1.29 is 4.79 Å². The van der Waals surface area contributed by atoms with Gasteiger partial charge in [-0.25, -0.2) is 0 Å². The Morgan fingerprint density at radius 2 is 1.91 bits per heavy atom. The number of hydrogen-bond acceptors (Lipinski definition) is 3. The van der Waals surface area contributed by atoms with E-state index in [0.717, 1.165) is 42.9 Å². The van der Waals surface area contributed by atoms with Gasteiger partial charge in [0.1, 0.15) is 0 Å². The third kappa shape index (κ3) is 3.27. The lowest BCUT2D eigenvalue weighted by molar-refractivity contribution is 0.0794. The lowest BCUT2D eigenvalue weighted by Gasteiger charge is -2.19. The zero-order valence-electron chi connectivity index (χ0n) is 13.1. The molecule has 0 aromatic heterocycles. The Morgan fingerprint density at radius 3 is 2.65 bits per heavy atom. The summed E-state index contributed by atoms with van der Waals surface area (Å²) >= 11 is 6.18. The van der Waals surface area contributed by atoms with E-state index < -0.39 is 0 Å². The van der Waals surface area contributed by atoms with Crippen molar-refractivity contribution in [1.82, 2.24) is 4.90 Å². The Morgan fingerprint density at radius 1 is 1.17 bits per heavy atom. The maximum Gasteiger partial charge on any atom is 0.256 e. The Bertz CT molecular complexity index is 739. The molecule has 5 heteroatoms. The SMILES string of the molecule is Cc1c(Cl)cccc1Nc1ccc(N)cc1C(=O)N1CCCC1. The van der Waals surface area contributed by atoms with Gasteiger partial charge in [-0.1, -0.05) is 17.7 Å². The maximum atomic E-state index is 12.8. The number of amides is 1. The van der Waals surface area contributed by atoms with E-state index in [2.05, 4.69) is 5.32 Å². The second kappa shape index (κ2) is 6.50. The number of rotatable bonds is 3. The molecule has 1 amide bonds. The first-order valence-corrected chi connectivity index (χ1v) is 8.15. The second-order valence-electron chi connectivity index (χ2n) is 5.84.